The third kappa shape index (κ3) is 4.04. The molecule has 0 radical (unpaired) electrons. The molecule has 122 valence electrons. The summed E-state index contributed by atoms with van der Waals surface area (Å²) in [5.41, 5.74) is 5.21. The van der Waals surface area contributed by atoms with Crippen LogP contribution in [0.15, 0.2) is 29.3 Å². The van der Waals surface area contributed by atoms with Crippen molar-refractivity contribution >= 4 is 41.5 Å². The standard InChI is InChI=1S/C16H21ClFN3.HI/c17-13-6-2-5-12(7-13)16(18)8-14(9-16)21-15(19)20-10-11-3-1-4-11;/h2,5-7,11,14H,1,3-4,8-10H2,(H3,19,20,21);1H. The fourth-order valence-electron chi connectivity index (χ4n) is 2.98. The van der Waals surface area contributed by atoms with E-state index in [1.165, 1.54) is 19.3 Å². The molecule has 3 nitrogen and oxygen atoms in total. The summed E-state index contributed by atoms with van der Waals surface area (Å²) in [7, 11) is 0. The van der Waals surface area contributed by atoms with E-state index < -0.39 is 5.67 Å². The van der Waals surface area contributed by atoms with Crippen LogP contribution in [0.2, 0.25) is 5.02 Å². The van der Waals surface area contributed by atoms with Crippen molar-refractivity contribution in [1.29, 1.82) is 0 Å². The van der Waals surface area contributed by atoms with Gasteiger partial charge in [0.2, 0.25) is 0 Å². The lowest BCUT2D eigenvalue weighted by molar-refractivity contribution is 0.0326. The van der Waals surface area contributed by atoms with Crippen molar-refractivity contribution in [2.75, 3.05) is 6.54 Å². The van der Waals surface area contributed by atoms with E-state index in [1.54, 1.807) is 24.3 Å². The van der Waals surface area contributed by atoms with Gasteiger partial charge in [0.1, 0.15) is 5.67 Å². The van der Waals surface area contributed by atoms with Gasteiger partial charge in [0.25, 0.3) is 0 Å². The second-order valence-corrected chi connectivity index (χ2v) is 6.68. The number of rotatable bonds is 4. The third-order valence-corrected chi connectivity index (χ3v) is 4.81. The molecule has 3 N–H and O–H groups in total. The summed E-state index contributed by atoms with van der Waals surface area (Å²) in [6.07, 6.45) is 4.63. The number of hydrogen-bond acceptors (Lipinski definition) is 1. The highest BCUT2D eigenvalue weighted by Crippen LogP contribution is 2.45. The molecule has 1 aromatic rings. The van der Waals surface area contributed by atoms with Gasteiger partial charge in [-0.1, -0.05) is 30.2 Å². The lowest BCUT2D eigenvalue weighted by atomic mass is 9.73. The first-order valence-corrected chi connectivity index (χ1v) is 7.94. The summed E-state index contributed by atoms with van der Waals surface area (Å²) >= 11 is 5.92. The van der Waals surface area contributed by atoms with Crippen molar-refractivity contribution in [3.8, 4) is 0 Å². The van der Waals surface area contributed by atoms with Gasteiger partial charge in [0, 0.05) is 30.5 Å². The van der Waals surface area contributed by atoms with E-state index in [9.17, 15) is 4.39 Å². The number of alkyl halides is 1. The minimum absolute atomic E-state index is 0. The molecule has 3 rings (SSSR count). The second kappa shape index (κ2) is 7.34. The van der Waals surface area contributed by atoms with Crippen molar-refractivity contribution in [3.05, 3.63) is 34.9 Å². The molecule has 2 fully saturated rings. The van der Waals surface area contributed by atoms with Crippen molar-refractivity contribution in [2.45, 2.75) is 43.8 Å². The van der Waals surface area contributed by atoms with Crippen LogP contribution in [-0.4, -0.2) is 18.5 Å². The Morgan fingerprint density at radius 3 is 2.73 bits per heavy atom. The Balaban J connectivity index is 0.00000176. The Kier molecular flexibility index (Phi) is 5.94. The predicted molar refractivity (Wildman–Crippen MR) is 99.6 cm³/mol. The molecule has 2 aliphatic carbocycles. The van der Waals surface area contributed by atoms with E-state index in [1.807, 2.05) is 0 Å². The molecule has 6 heteroatoms. The second-order valence-electron chi connectivity index (χ2n) is 6.25. The van der Waals surface area contributed by atoms with Crippen LogP contribution in [0.3, 0.4) is 0 Å². The van der Waals surface area contributed by atoms with Gasteiger partial charge < -0.3 is 11.1 Å². The van der Waals surface area contributed by atoms with Crippen molar-refractivity contribution in [1.82, 2.24) is 5.32 Å². The summed E-state index contributed by atoms with van der Waals surface area (Å²) in [4.78, 5) is 4.34. The van der Waals surface area contributed by atoms with Gasteiger partial charge in [-0.2, -0.15) is 0 Å². The quantitative estimate of drug-likeness (QED) is 0.425. The molecule has 0 saturated heterocycles. The van der Waals surface area contributed by atoms with Crippen molar-refractivity contribution in [2.24, 2.45) is 16.6 Å². The Bertz CT molecular complexity index is 542. The first-order chi connectivity index (χ1) is 10.0. The monoisotopic (exact) mass is 437 g/mol. The number of nitrogens with one attached hydrogen (secondary N) is 1. The zero-order valence-corrected chi connectivity index (χ0v) is 15.5. The van der Waals surface area contributed by atoms with Gasteiger partial charge in [-0.05, 0) is 36.5 Å². The molecule has 22 heavy (non-hydrogen) atoms. The highest BCUT2D eigenvalue weighted by molar-refractivity contribution is 14.0. The third-order valence-electron chi connectivity index (χ3n) is 4.58. The van der Waals surface area contributed by atoms with E-state index in [-0.39, 0.29) is 30.0 Å². The molecule has 0 aliphatic heterocycles. The fourth-order valence-corrected chi connectivity index (χ4v) is 3.17. The maximum Gasteiger partial charge on any atom is 0.188 e. The lowest BCUT2D eigenvalue weighted by Gasteiger charge is -2.42. The zero-order valence-electron chi connectivity index (χ0n) is 12.4. The van der Waals surface area contributed by atoms with Gasteiger partial charge in [0.15, 0.2) is 5.96 Å². The molecule has 0 spiro atoms. The van der Waals surface area contributed by atoms with E-state index in [2.05, 4.69) is 10.3 Å². The Morgan fingerprint density at radius 1 is 1.41 bits per heavy atom. The number of benzene rings is 1. The first kappa shape index (κ1) is 17.8. The van der Waals surface area contributed by atoms with Gasteiger partial charge in [0.05, 0.1) is 0 Å². The molecule has 1 aromatic carbocycles. The molecule has 0 aromatic heterocycles. The van der Waals surface area contributed by atoms with E-state index in [0.29, 0.717) is 35.3 Å². The summed E-state index contributed by atoms with van der Waals surface area (Å²) in [6.45, 7) is 0.792. The molecule has 0 heterocycles. The highest BCUT2D eigenvalue weighted by atomic mass is 127. The van der Waals surface area contributed by atoms with Crippen LogP contribution in [0, 0.1) is 5.92 Å². The maximum absolute atomic E-state index is 14.7. The fraction of sp³-hybridized carbons (Fsp3) is 0.562. The topological polar surface area (TPSA) is 50.4 Å². The van der Waals surface area contributed by atoms with Gasteiger partial charge in [-0.3, -0.25) is 4.99 Å². The van der Waals surface area contributed by atoms with Crippen molar-refractivity contribution in [3.63, 3.8) is 0 Å². The maximum atomic E-state index is 14.7. The number of aliphatic imine (C=N–C) groups is 1. The smallest absolute Gasteiger partial charge is 0.188 e. The number of nitrogens with zero attached hydrogens (tertiary/aromatic N) is 1. The largest absolute Gasteiger partial charge is 0.370 e. The average molecular weight is 438 g/mol. The molecular formula is C16H22ClFIN3. The molecular weight excluding hydrogens is 416 g/mol. The summed E-state index contributed by atoms with van der Waals surface area (Å²) in [6, 6.07) is 7.09. The number of halogens is 3. The molecule has 2 saturated carbocycles. The minimum Gasteiger partial charge on any atom is -0.370 e. The van der Waals surface area contributed by atoms with Crippen LogP contribution < -0.4 is 11.1 Å². The molecule has 0 atom stereocenters. The highest BCUT2D eigenvalue weighted by Gasteiger charge is 2.46. The summed E-state index contributed by atoms with van der Waals surface area (Å²) in [5.74, 6) is 1.14. The van der Waals surface area contributed by atoms with Gasteiger partial charge in [-0.15, -0.1) is 24.0 Å². The van der Waals surface area contributed by atoms with E-state index >= 15 is 0 Å². The molecule has 0 bridgehead atoms. The minimum atomic E-state index is -1.29. The molecule has 0 unspecified atom stereocenters. The van der Waals surface area contributed by atoms with Crippen molar-refractivity contribution < 1.29 is 4.39 Å². The van der Waals surface area contributed by atoms with Crippen LogP contribution >= 0.6 is 35.6 Å². The first-order valence-electron chi connectivity index (χ1n) is 7.56. The van der Waals surface area contributed by atoms with E-state index in [0.717, 1.165) is 6.54 Å². The average Bonchev–Trinajstić information content (AvgIpc) is 2.35. The van der Waals surface area contributed by atoms with Gasteiger partial charge in [-0.25, -0.2) is 4.39 Å². The van der Waals surface area contributed by atoms with Crippen LogP contribution in [-0.2, 0) is 5.67 Å². The van der Waals surface area contributed by atoms with Crippen LogP contribution in [0.4, 0.5) is 4.39 Å². The Morgan fingerprint density at radius 2 is 2.14 bits per heavy atom. The number of guanidine groups is 1. The normalized spacial score (nSPS) is 28.3. The number of nitrogens with two attached hydrogens (primary N) is 1. The predicted octanol–water partition coefficient (Wildman–Crippen LogP) is 3.99. The van der Waals surface area contributed by atoms with Crippen LogP contribution in [0.5, 0.6) is 0 Å². The van der Waals surface area contributed by atoms with Crippen LogP contribution in [0.1, 0.15) is 37.7 Å². The van der Waals surface area contributed by atoms with Gasteiger partial charge >= 0.3 is 0 Å². The lowest BCUT2D eigenvalue weighted by Crippen LogP contribution is -2.53. The summed E-state index contributed by atoms with van der Waals surface area (Å²) in [5, 5.41) is 3.69. The van der Waals surface area contributed by atoms with Crippen LogP contribution in [0.25, 0.3) is 0 Å². The molecule has 2 aliphatic rings. The Hall–Kier alpha value is -0.560. The zero-order chi connectivity index (χ0) is 14.9. The SMILES string of the molecule is I.NC(=NCC1CCC1)NC1CC(F)(c2cccc(Cl)c2)C1. The summed E-state index contributed by atoms with van der Waals surface area (Å²) < 4.78 is 14.7. The number of hydrogen-bond donors (Lipinski definition) is 2. The molecule has 0 amide bonds. The Labute approximate surface area is 152 Å². The van der Waals surface area contributed by atoms with E-state index in [4.69, 9.17) is 17.3 Å².